The van der Waals surface area contributed by atoms with Crippen LogP contribution in [0.5, 0.6) is 5.75 Å². The molecule has 1 heterocycles. The molecule has 0 bridgehead atoms. The summed E-state index contributed by atoms with van der Waals surface area (Å²) in [6.07, 6.45) is 2.62. The van der Waals surface area contributed by atoms with Crippen LogP contribution in [0.15, 0.2) is 66.9 Å². The molecule has 2 N–H and O–H groups in total. The Morgan fingerprint density at radius 1 is 0.963 bits per heavy atom. The van der Waals surface area contributed by atoms with Crippen molar-refractivity contribution in [2.24, 2.45) is 0 Å². The summed E-state index contributed by atoms with van der Waals surface area (Å²) in [6, 6.07) is 18.9. The molecular weight excluding hydrogens is 338 g/mol. The number of nitrogens with zero attached hydrogens (tertiary/aromatic N) is 1. The number of ether oxygens (including phenoxy) is 1. The standard InChI is InChI=1S/C22H23N3O2/c1-3-16-5-7-18(8-6-16)24-21-15-17(13-14-23-21)22(26)25-19-9-11-20(12-10-19)27-4-2/h5-15H,3-4H2,1-2H3,(H,23,24)(H,25,26). The Labute approximate surface area is 159 Å². The fourth-order valence-corrected chi connectivity index (χ4v) is 2.62. The predicted molar refractivity (Wildman–Crippen MR) is 109 cm³/mol. The van der Waals surface area contributed by atoms with Gasteiger partial charge in [0.25, 0.3) is 5.91 Å². The number of amides is 1. The Morgan fingerprint density at radius 2 is 1.67 bits per heavy atom. The van der Waals surface area contributed by atoms with Gasteiger partial charge in [-0.3, -0.25) is 4.79 Å². The number of benzene rings is 2. The van der Waals surface area contributed by atoms with Gasteiger partial charge in [-0.15, -0.1) is 0 Å². The first-order valence-electron chi connectivity index (χ1n) is 9.04. The van der Waals surface area contributed by atoms with Crippen molar-refractivity contribution >= 4 is 23.1 Å². The molecule has 3 rings (SSSR count). The van der Waals surface area contributed by atoms with Gasteiger partial charge in [0, 0.05) is 23.1 Å². The Bertz CT molecular complexity index is 890. The maximum atomic E-state index is 12.5. The molecule has 5 heteroatoms. The molecule has 1 aromatic heterocycles. The summed E-state index contributed by atoms with van der Waals surface area (Å²) in [5.74, 6) is 1.21. The minimum atomic E-state index is -0.189. The normalized spacial score (nSPS) is 10.3. The number of hydrogen-bond donors (Lipinski definition) is 2. The molecule has 0 aliphatic rings. The quantitative estimate of drug-likeness (QED) is 0.619. The van der Waals surface area contributed by atoms with E-state index in [0.29, 0.717) is 23.7 Å². The Hall–Kier alpha value is -3.34. The third-order valence-electron chi connectivity index (χ3n) is 4.08. The summed E-state index contributed by atoms with van der Waals surface area (Å²) in [6.45, 7) is 4.67. The van der Waals surface area contributed by atoms with E-state index in [9.17, 15) is 4.79 Å². The SMILES string of the molecule is CCOc1ccc(NC(=O)c2ccnc(Nc3ccc(CC)cc3)c2)cc1. The first kappa shape index (κ1) is 18.5. The zero-order valence-corrected chi connectivity index (χ0v) is 15.5. The largest absolute Gasteiger partial charge is 0.494 e. The van der Waals surface area contributed by atoms with E-state index >= 15 is 0 Å². The van der Waals surface area contributed by atoms with Gasteiger partial charge in [-0.05, 0) is 67.4 Å². The van der Waals surface area contributed by atoms with Crippen molar-refractivity contribution in [3.8, 4) is 5.75 Å². The van der Waals surface area contributed by atoms with E-state index in [1.54, 1.807) is 18.3 Å². The minimum Gasteiger partial charge on any atom is -0.494 e. The molecule has 0 fully saturated rings. The number of pyridine rings is 1. The molecule has 5 nitrogen and oxygen atoms in total. The van der Waals surface area contributed by atoms with Crippen molar-refractivity contribution in [3.63, 3.8) is 0 Å². The van der Waals surface area contributed by atoms with Crippen LogP contribution in [0.25, 0.3) is 0 Å². The zero-order valence-electron chi connectivity index (χ0n) is 15.5. The van der Waals surface area contributed by atoms with E-state index in [1.165, 1.54) is 5.56 Å². The van der Waals surface area contributed by atoms with E-state index in [1.807, 2.05) is 43.3 Å². The average Bonchev–Trinajstić information content (AvgIpc) is 2.70. The molecule has 138 valence electrons. The first-order valence-corrected chi connectivity index (χ1v) is 9.04. The summed E-state index contributed by atoms with van der Waals surface area (Å²) in [7, 11) is 0. The number of carbonyl (C=O) groups is 1. The summed E-state index contributed by atoms with van der Waals surface area (Å²) in [5.41, 5.74) is 3.46. The highest BCUT2D eigenvalue weighted by Crippen LogP contribution is 2.19. The van der Waals surface area contributed by atoms with E-state index in [0.717, 1.165) is 17.9 Å². The zero-order chi connectivity index (χ0) is 19.1. The molecule has 0 saturated carbocycles. The smallest absolute Gasteiger partial charge is 0.255 e. The van der Waals surface area contributed by atoms with Gasteiger partial charge in [-0.1, -0.05) is 19.1 Å². The maximum absolute atomic E-state index is 12.5. The number of hydrogen-bond acceptors (Lipinski definition) is 4. The molecule has 0 atom stereocenters. The highest BCUT2D eigenvalue weighted by atomic mass is 16.5. The van der Waals surface area contributed by atoms with Crippen molar-refractivity contribution in [3.05, 3.63) is 78.0 Å². The van der Waals surface area contributed by atoms with Gasteiger partial charge in [0.15, 0.2) is 0 Å². The molecule has 0 spiro atoms. The molecule has 3 aromatic rings. The van der Waals surface area contributed by atoms with Crippen molar-refractivity contribution in [1.29, 1.82) is 0 Å². The van der Waals surface area contributed by atoms with Crippen LogP contribution in [-0.2, 0) is 6.42 Å². The van der Waals surface area contributed by atoms with Crippen LogP contribution >= 0.6 is 0 Å². The van der Waals surface area contributed by atoms with E-state index in [-0.39, 0.29) is 5.91 Å². The molecule has 0 aliphatic carbocycles. The molecule has 27 heavy (non-hydrogen) atoms. The number of rotatable bonds is 7. The molecule has 0 aliphatic heterocycles. The van der Waals surface area contributed by atoms with Gasteiger partial charge >= 0.3 is 0 Å². The van der Waals surface area contributed by atoms with Crippen LogP contribution in [0.2, 0.25) is 0 Å². The van der Waals surface area contributed by atoms with Crippen LogP contribution in [0, 0.1) is 0 Å². The topological polar surface area (TPSA) is 63.2 Å². The lowest BCUT2D eigenvalue weighted by molar-refractivity contribution is 0.102. The van der Waals surface area contributed by atoms with Crippen LogP contribution in [0.3, 0.4) is 0 Å². The number of aryl methyl sites for hydroxylation is 1. The molecule has 0 saturated heterocycles. The summed E-state index contributed by atoms with van der Waals surface area (Å²) in [4.78, 5) is 16.8. The van der Waals surface area contributed by atoms with E-state index in [4.69, 9.17) is 4.74 Å². The number of nitrogens with one attached hydrogen (secondary N) is 2. The lowest BCUT2D eigenvalue weighted by Gasteiger charge is -2.09. The Kier molecular flexibility index (Phi) is 6.05. The third-order valence-corrected chi connectivity index (χ3v) is 4.08. The van der Waals surface area contributed by atoms with Crippen molar-refractivity contribution in [2.45, 2.75) is 20.3 Å². The maximum Gasteiger partial charge on any atom is 0.255 e. The number of carbonyl (C=O) groups excluding carboxylic acids is 1. The van der Waals surface area contributed by atoms with Crippen molar-refractivity contribution in [1.82, 2.24) is 4.98 Å². The van der Waals surface area contributed by atoms with E-state index in [2.05, 4.69) is 34.7 Å². The highest BCUT2D eigenvalue weighted by molar-refractivity contribution is 6.04. The van der Waals surface area contributed by atoms with Gasteiger partial charge in [0.2, 0.25) is 0 Å². The Morgan fingerprint density at radius 3 is 2.33 bits per heavy atom. The van der Waals surface area contributed by atoms with Crippen LogP contribution < -0.4 is 15.4 Å². The van der Waals surface area contributed by atoms with Gasteiger partial charge < -0.3 is 15.4 Å². The summed E-state index contributed by atoms with van der Waals surface area (Å²) >= 11 is 0. The van der Waals surface area contributed by atoms with Crippen LogP contribution in [0.4, 0.5) is 17.2 Å². The highest BCUT2D eigenvalue weighted by Gasteiger charge is 2.08. The molecule has 2 aromatic carbocycles. The third kappa shape index (κ3) is 5.07. The lowest BCUT2D eigenvalue weighted by atomic mass is 10.1. The molecule has 0 unspecified atom stereocenters. The van der Waals surface area contributed by atoms with Gasteiger partial charge in [0.05, 0.1) is 6.61 Å². The first-order chi connectivity index (χ1) is 13.2. The number of anilines is 3. The van der Waals surface area contributed by atoms with Crippen LogP contribution in [0.1, 0.15) is 29.8 Å². The lowest BCUT2D eigenvalue weighted by Crippen LogP contribution is -2.12. The fraction of sp³-hybridized carbons (Fsp3) is 0.182. The molecule has 0 radical (unpaired) electrons. The second-order valence-electron chi connectivity index (χ2n) is 6.02. The monoisotopic (exact) mass is 361 g/mol. The van der Waals surface area contributed by atoms with Crippen molar-refractivity contribution in [2.75, 3.05) is 17.2 Å². The minimum absolute atomic E-state index is 0.189. The van der Waals surface area contributed by atoms with Crippen molar-refractivity contribution < 1.29 is 9.53 Å². The van der Waals surface area contributed by atoms with Gasteiger partial charge in [-0.2, -0.15) is 0 Å². The average molecular weight is 361 g/mol. The summed E-state index contributed by atoms with van der Waals surface area (Å²) < 4.78 is 5.41. The number of aromatic nitrogens is 1. The Balaban J connectivity index is 1.67. The second-order valence-corrected chi connectivity index (χ2v) is 6.02. The summed E-state index contributed by atoms with van der Waals surface area (Å²) in [5, 5.41) is 6.11. The molecule has 1 amide bonds. The van der Waals surface area contributed by atoms with E-state index < -0.39 is 0 Å². The fourth-order valence-electron chi connectivity index (χ4n) is 2.62. The van der Waals surface area contributed by atoms with Crippen LogP contribution in [-0.4, -0.2) is 17.5 Å². The molecular formula is C22H23N3O2. The van der Waals surface area contributed by atoms with Gasteiger partial charge in [0.1, 0.15) is 11.6 Å². The predicted octanol–water partition coefficient (Wildman–Crippen LogP) is 5.04. The second kappa shape index (κ2) is 8.85. The van der Waals surface area contributed by atoms with Gasteiger partial charge in [-0.25, -0.2) is 4.98 Å².